The van der Waals surface area contributed by atoms with Gasteiger partial charge < -0.3 is 39.2 Å². The Labute approximate surface area is 462 Å². The topological polar surface area (TPSA) is 204 Å². The van der Waals surface area contributed by atoms with Crippen LogP contribution in [0.4, 0.5) is 0 Å². The quantitative estimate of drug-likeness (QED) is 0.0483. The lowest BCUT2D eigenvalue weighted by Crippen LogP contribution is -2.48. The summed E-state index contributed by atoms with van der Waals surface area (Å²) in [6, 6.07) is 15.2. The predicted octanol–water partition coefficient (Wildman–Crippen LogP) is 12.1. The maximum absolute atomic E-state index is 13.2. The number of hydrogen-bond donors (Lipinski definition) is 3. The summed E-state index contributed by atoms with van der Waals surface area (Å²) in [6.45, 7) is 11.5. The number of rotatable bonds is 24. The zero-order chi connectivity index (χ0) is 52.9. The maximum atomic E-state index is 13.2. The number of aryl methyl sites for hydroxylation is 2. The van der Waals surface area contributed by atoms with E-state index in [9.17, 15) is 19.2 Å². The average Bonchev–Trinajstić information content (AvgIpc) is 4.37. The number of ketones is 2. The first-order valence-electron chi connectivity index (χ1n) is 27.1. The van der Waals surface area contributed by atoms with Gasteiger partial charge in [0.25, 0.3) is 0 Å². The summed E-state index contributed by atoms with van der Waals surface area (Å²) in [5.41, 5.74) is 5.51. The molecule has 2 saturated heterocycles. The summed E-state index contributed by atoms with van der Waals surface area (Å²) >= 11 is 0. The Balaban J connectivity index is 0.000000243. The number of oxazole rings is 2. The standard InChI is InChI=1S/C30H38N4O4.C29H36N4O4.3CH4/c1-5-21(35)9-7-6-8-10-24(33-28(36)23-15-30(23)17-34(3)18-30)29-31-16-27(38-29)22-13-20-12-11-19(2)32-25(20)14-26(22)37-4;1-4-20(34)8-6-5-7-9-23(33-27(35)22-14-29(22)16-30-17-29)28-31-15-26(37-28)21-12-19-11-10-18(2)32-24(19)13-25(21)36-3;;;/h11-14,16,23-24H,5-10,15,17-18H2,1-4H3,(H,33,36);10-13,15,22-23,30H,4-9,14,16-17H2,1-3H3,(H,33,35);3*1H4/t23-,24+;22-,23+;;;/m11.../s1. The first-order valence-corrected chi connectivity index (χ1v) is 27.1. The number of likely N-dealkylation sites (tertiary alicyclic amines) is 1. The van der Waals surface area contributed by atoms with E-state index in [4.69, 9.17) is 18.3 Å². The smallest absolute Gasteiger partial charge is 0.224 e. The molecule has 0 bridgehead atoms. The normalized spacial score (nSPS) is 17.9. The van der Waals surface area contributed by atoms with Crippen molar-refractivity contribution in [3.8, 4) is 34.1 Å². The molecule has 2 aliphatic carbocycles. The second-order valence-corrected chi connectivity index (χ2v) is 21.6. The predicted molar refractivity (Wildman–Crippen MR) is 307 cm³/mol. The van der Waals surface area contributed by atoms with E-state index in [1.807, 2.05) is 76.2 Å². The first kappa shape index (κ1) is 60.7. The maximum Gasteiger partial charge on any atom is 0.224 e. The molecule has 4 fully saturated rings. The number of nitrogens with zero attached hydrogens (tertiary/aromatic N) is 5. The van der Waals surface area contributed by atoms with Crippen molar-refractivity contribution in [2.45, 2.75) is 152 Å². The van der Waals surface area contributed by atoms with Gasteiger partial charge in [0, 0.05) is 109 Å². The van der Waals surface area contributed by atoms with Crippen LogP contribution < -0.4 is 25.4 Å². The van der Waals surface area contributed by atoms with Crippen molar-refractivity contribution in [2.75, 3.05) is 47.4 Å². The number of carbonyl (C=O) groups is 4. The highest BCUT2D eigenvalue weighted by Crippen LogP contribution is 2.58. The van der Waals surface area contributed by atoms with E-state index in [1.54, 1.807) is 26.6 Å². The number of ether oxygens (including phenoxy) is 2. The summed E-state index contributed by atoms with van der Waals surface area (Å²) in [6.07, 6.45) is 14.5. The molecule has 2 spiro atoms. The molecular weight excluding hydrogens is 985 g/mol. The third kappa shape index (κ3) is 13.8. The molecule has 6 heterocycles. The van der Waals surface area contributed by atoms with Crippen LogP contribution in [0.3, 0.4) is 0 Å². The van der Waals surface area contributed by atoms with Gasteiger partial charge in [-0.1, -0.05) is 73.9 Å². The fourth-order valence-corrected chi connectivity index (χ4v) is 11.1. The molecule has 0 unspecified atom stereocenters. The SMILES string of the molecule is C.C.C.CCC(=O)CCCCC[C@H](NC(=O)[C@H]1CC12CN(C)C2)c1ncc(-c2cc3ccc(C)nc3cc2OC)o1.CCC(=O)CCCCC[C@H](NC(=O)[C@H]1CC12CNC2)c1ncc(-c2cc3ccc(C)nc3cc2OC)o1. The molecule has 2 aliphatic heterocycles. The van der Waals surface area contributed by atoms with E-state index < -0.39 is 0 Å². The number of unbranched alkanes of at least 4 members (excludes halogenated alkanes) is 4. The third-order valence-electron chi connectivity index (χ3n) is 15.9. The lowest BCUT2D eigenvalue weighted by molar-refractivity contribution is -0.125. The molecule has 16 heteroatoms. The molecule has 4 aromatic heterocycles. The largest absolute Gasteiger partial charge is 0.496 e. The van der Waals surface area contributed by atoms with Crippen LogP contribution in [0.1, 0.15) is 161 Å². The Bertz CT molecular complexity index is 3030. The van der Waals surface area contributed by atoms with Crippen molar-refractivity contribution in [1.29, 1.82) is 0 Å². The lowest BCUT2D eigenvalue weighted by Gasteiger charge is -2.37. The number of pyridine rings is 2. The molecule has 2 aromatic carbocycles. The molecule has 16 nitrogen and oxygen atoms in total. The Morgan fingerprint density at radius 1 is 0.654 bits per heavy atom. The second kappa shape index (κ2) is 26.4. The number of nitrogens with one attached hydrogen (secondary N) is 3. The molecule has 78 heavy (non-hydrogen) atoms. The van der Waals surface area contributed by atoms with Crippen LogP contribution in [0.25, 0.3) is 44.5 Å². The van der Waals surface area contributed by atoms with Crippen molar-refractivity contribution in [1.82, 2.24) is 40.8 Å². The van der Waals surface area contributed by atoms with Crippen LogP contribution in [0, 0.1) is 36.5 Å². The number of methoxy groups -OCH3 is 2. The molecule has 2 amide bonds. The van der Waals surface area contributed by atoms with E-state index in [0.717, 1.165) is 122 Å². The Hall–Kier alpha value is -6.52. The molecule has 4 aliphatic rings. The minimum Gasteiger partial charge on any atom is -0.496 e. The average molecular weight is 1070 g/mol. The molecule has 10 rings (SSSR count). The fourth-order valence-electron chi connectivity index (χ4n) is 11.1. The monoisotopic (exact) mass is 1070 g/mol. The molecule has 2 saturated carbocycles. The van der Waals surface area contributed by atoms with Crippen LogP contribution in [-0.2, 0) is 19.2 Å². The van der Waals surface area contributed by atoms with Gasteiger partial charge in [0.1, 0.15) is 35.1 Å². The minimum absolute atomic E-state index is 0. The van der Waals surface area contributed by atoms with Crippen LogP contribution >= 0.6 is 0 Å². The number of Topliss-reactive ketones (excluding diaryl/α,β-unsaturated/α-hetero) is 2. The van der Waals surface area contributed by atoms with Crippen LogP contribution in [0.15, 0.2) is 69.8 Å². The van der Waals surface area contributed by atoms with Crippen molar-refractivity contribution < 1.29 is 37.5 Å². The van der Waals surface area contributed by atoms with E-state index in [0.29, 0.717) is 84.9 Å². The van der Waals surface area contributed by atoms with Crippen LogP contribution in [-0.4, -0.2) is 95.7 Å². The number of benzene rings is 2. The van der Waals surface area contributed by atoms with Gasteiger partial charge in [0.2, 0.25) is 23.6 Å². The highest BCUT2D eigenvalue weighted by Gasteiger charge is 2.64. The van der Waals surface area contributed by atoms with Crippen molar-refractivity contribution in [3.05, 3.63) is 84.1 Å². The van der Waals surface area contributed by atoms with E-state index in [2.05, 4.69) is 47.8 Å². The van der Waals surface area contributed by atoms with Crippen molar-refractivity contribution in [2.24, 2.45) is 22.7 Å². The van der Waals surface area contributed by atoms with E-state index in [-0.39, 0.29) is 68.8 Å². The zero-order valence-electron chi connectivity index (χ0n) is 44.8. The Morgan fingerprint density at radius 2 is 1.09 bits per heavy atom. The van der Waals surface area contributed by atoms with Gasteiger partial charge in [-0.3, -0.25) is 29.1 Å². The van der Waals surface area contributed by atoms with Gasteiger partial charge in [-0.2, -0.15) is 0 Å². The fraction of sp³-hybridized carbons (Fsp3) is 0.548. The summed E-state index contributed by atoms with van der Waals surface area (Å²) in [5, 5.41) is 11.7. The molecule has 4 atom stereocenters. The number of hydrogen-bond acceptors (Lipinski definition) is 14. The number of aromatic nitrogens is 4. The van der Waals surface area contributed by atoms with Crippen molar-refractivity contribution in [3.63, 3.8) is 0 Å². The van der Waals surface area contributed by atoms with Crippen LogP contribution in [0.5, 0.6) is 11.5 Å². The summed E-state index contributed by atoms with van der Waals surface area (Å²) in [5.74, 6) is 4.39. The van der Waals surface area contributed by atoms with Gasteiger partial charge in [0.15, 0.2) is 11.5 Å². The highest BCUT2D eigenvalue weighted by molar-refractivity contribution is 5.89. The summed E-state index contributed by atoms with van der Waals surface area (Å²) < 4.78 is 23.9. The van der Waals surface area contributed by atoms with Gasteiger partial charge in [-0.05, 0) is 83.7 Å². The zero-order valence-corrected chi connectivity index (χ0v) is 44.8. The second-order valence-electron chi connectivity index (χ2n) is 21.6. The number of fused-ring (bicyclic) bond motifs is 2. The molecule has 6 aromatic rings. The number of amides is 2. The summed E-state index contributed by atoms with van der Waals surface area (Å²) in [4.78, 5) is 70.2. The van der Waals surface area contributed by atoms with E-state index >= 15 is 0 Å². The van der Waals surface area contributed by atoms with Gasteiger partial charge in [0.05, 0.1) is 48.8 Å². The molecule has 0 radical (unpaired) electrons. The van der Waals surface area contributed by atoms with Crippen molar-refractivity contribution >= 4 is 45.2 Å². The summed E-state index contributed by atoms with van der Waals surface area (Å²) in [7, 11) is 5.36. The third-order valence-corrected chi connectivity index (χ3v) is 15.9. The van der Waals surface area contributed by atoms with Crippen LogP contribution in [0.2, 0.25) is 0 Å². The molecular formula is C62H86N8O8. The lowest BCUT2D eigenvalue weighted by atomic mass is 9.94. The van der Waals surface area contributed by atoms with E-state index in [1.165, 1.54) is 0 Å². The van der Waals surface area contributed by atoms with Gasteiger partial charge in [-0.15, -0.1) is 0 Å². The minimum atomic E-state index is -0.315. The Kier molecular flexibility index (Phi) is 20.6. The Morgan fingerprint density at radius 3 is 1.47 bits per heavy atom. The first-order chi connectivity index (χ1) is 36.2. The number of carbonyl (C=O) groups excluding carboxylic acids is 4. The molecule has 3 N–H and O–H groups in total. The van der Waals surface area contributed by atoms with Gasteiger partial charge in [-0.25, -0.2) is 9.97 Å². The molecule has 422 valence electrons. The highest BCUT2D eigenvalue weighted by atomic mass is 16.5. The van der Waals surface area contributed by atoms with Gasteiger partial charge >= 0.3 is 0 Å².